The molecule has 0 saturated heterocycles. The van der Waals surface area contributed by atoms with Gasteiger partial charge in [0.25, 0.3) is 0 Å². The Hall–Kier alpha value is -2.50. The molecule has 150 valence electrons. The van der Waals surface area contributed by atoms with E-state index in [2.05, 4.69) is 16.9 Å². The number of fused-ring (bicyclic) bond motifs is 1. The highest BCUT2D eigenvalue weighted by Crippen LogP contribution is 2.34. The number of hydrogen-bond donors (Lipinski definition) is 0. The normalized spacial score (nSPS) is 16.0. The van der Waals surface area contributed by atoms with Crippen LogP contribution in [0.4, 0.5) is 0 Å². The van der Waals surface area contributed by atoms with Gasteiger partial charge in [0.05, 0.1) is 5.69 Å². The second kappa shape index (κ2) is 7.86. The van der Waals surface area contributed by atoms with Gasteiger partial charge in [0.15, 0.2) is 11.5 Å². The van der Waals surface area contributed by atoms with E-state index in [0.29, 0.717) is 19.0 Å². The van der Waals surface area contributed by atoms with E-state index in [1.54, 1.807) is 0 Å². The molecule has 0 spiro atoms. The van der Waals surface area contributed by atoms with E-state index in [9.17, 15) is 4.79 Å². The van der Waals surface area contributed by atoms with Crippen LogP contribution >= 0.6 is 0 Å². The summed E-state index contributed by atoms with van der Waals surface area (Å²) >= 11 is 0. The first-order valence-corrected chi connectivity index (χ1v) is 10.2. The van der Waals surface area contributed by atoms with Gasteiger partial charge >= 0.3 is 0 Å². The second-order valence-corrected chi connectivity index (χ2v) is 7.92. The number of benzene rings is 1. The highest BCUT2D eigenvalue weighted by Gasteiger charge is 2.27. The average Bonchev–Trinajstić information content (AvgIpc) is 3.40. The van der Waals surface area contributed by atoms with Gasteiger partial charge in [-0.15, -0.1) is 0 Å². The summed E-state index contributed by atoms with van der Waals surface area (Å²) in [5, 5.41) is 4.48. The Balaban J connectivity index is 1.48. The van der Waals surface area contributed by atoms with Gasteiger partial charge in [-0.3, -0.25) is 9.48 Å². The Morgan fingerprint density at radius 2 is 1.96 bits per heavy atom. The summed E-state index contributed by atoms with van der Waals surface area (Å²) in [6, 6.07) is 6.33. The molecule has 0 unspecified atom stereocenters. The zero-order valence-electron chi connectivity index (χ0n) is 17.0. The van der Waals surface area contributed by atoms with Crippen LogP contribution in [-0.2, 0) is 24.8 Å². The van der Waals surface area contributed by atoms with Crippen molar-refractivity contribution < 1.29 is 14.3 Å². The largest absolute Gasteiger partial charge is 0.454 e. The fourth-order valence-corrected chi connectivity index (χ4v) is 4.43. The Kier molecular flexibility index (Phi) is 5.29. The quantitative estimate of drug-likeness (QED) is 0.764. The molecule has 1 aromatic heterocycles. The minimum absolute atomic E-state index is 0.229. The highest BCUT2D eigenvalue weighted by molar-refractivity contribution is 5.77. The summed E-state index contributed by atoms with van der Waals surface area (Å²) in [6.07, 6.45) is 5.87. The average molecular weight is 383 g/mol. The molecule has 1 fully saturated rings. The number of nitrogens with zero attached hydrogens (tertiary/aromatic N) is 3. The molecule has 1 aromatic carbocycles. The lowest BCUT2D eigenvalue weighted by molar-refractivity contribution is -0.134. The van der Waals surface area contributed by atoms with Crippen LogP contribution in [0.3, 0.4) is 0 Å². The van der Waals surface area contributed by atoms with E-state index in [-0.39, 0.29) is 12.7 Å². The van der Waals surface area contributed by atoms with Gasteiger partial charge in [-0.2, -0.15) is 5.10 Å². The van der Waals surface area contributed by atoms with E-state index in [4.69, 9.17) is 9.47 Å². The number of aromatic nitrogens is 2. The third kappa shape index (κ3) is 3.73. The molecule has 1 saturated carbocycles. The number of carbonyl (C=O) groups is 1. The predicted octanol–water partition coefficient (Wildman–Crippen LogP) is 3.67. The lowest BCUT2D eigenvalue weighted by Crippen LogP contribution is -2.38. The van der Waals surface area contributed by atoms with Gasteiger partial charge in [-0.25, -0.2) is 0 Å². The van der Waals surface area contributed by atoms with Crippen molar-refractivity contribution in [2.45, 2.75) is 65.0 Å². The van der Waals surface area contributed by atoms with Gasteiger partial charge in [0, 0.05) is 31.7 Å². The summed E-state index contributed by atoms with van der Waals surface area (Å²) in [6.45, 7) is 4.99. The molecule has 28 heavy (non-hydrogen) atoms. The van der Waals surface area contributed by atoms with Crippen molar-refractivity contribution in [3.8, 4) is 11.5 Å². The van der Waals surface area contributed by atoms with Crippen molar-refractivity contribution in [1.82, 2.24) is 14.7 Å². The number of amides is 1. The SMILES string of the molecule is Cc1nn(C)c(C)c1CCC(=O)N(Cc1ccc2c(c1)OCO2)C1CCCC1. The van der Waals surface area contributed by atoms with Crippen LogP contribution in [0.2, 0.25) is 0 Å². The first-order chi connectivity index (χ1) is 13.5. The molecular formula is C22H29N3O3. The summed E-state index contributed by atoms with van der Waals surface area (Å²) in [5.74, 6) is 1.79. The molecule has 6 nitrogen and oxygen atoms in total. The Morgan fingerprint density at radius 3 is 2.68 bits per heavy atom. The zero-order chi connectivity index (χ0) is 19.7. The Labute approximate surface area is 166 Å². The van der Waals surface area contributed by atoms with E-state index < -0.39 is 0 Å². The van der Waals surface area contributed by atoms with E-state index in [0.717, 1.165) is 47.7 Å². The summed E-state index contributed by atoms with van der Waals surface area (Å²) in [4.78, 5) is 15.3. The molecular weight excluding hydrogens is 354 g/mol. The van der Waals surface area contributed by atoms with Crippen LogP contribution < -0.4 is 9.47 Å². The van der Waals surface area contributed by atoms with Crippen LogP contribution in [0.5, 0.6) is 11.5 Å². The fourth-order valence-electron chi connectivity index (χ4n) is 4.43. The Bertz CT molecular complexity index is 868. The molecule has 1 amide bonds. The van der Waals surface area contributed by atoms with Crippen molar-refractivity contribution in [1.29, 1.82) is 0 Å². The zero-order valence-corrected chi connectivity index (χ0v) is 17.0. The lowest BCUT2D eigenvalue weighted by Gasteiger charge is -2.29. The molecule has 0 bridgehead atoms. The maximum absolute atomic E-state index is 13.2. The minimum atomic E-state index is 0.229. The molecule has 2 heterocycles. The van der Waals surface area contributed by atoms with Crippen LogP contribution in [0, 0.1) is 13.8 Å². The van der Waals surface area contributed by atoms with Crippen molar-refractivity contribution in [2.24, 2.45) is 7.05 Å². The van der Waals surface area contributed by atoms with Gasteiger partial charge in [-0.05, 0) is 56.4 Å². The van der Waals surface area contributed by atoms with Crippen molar-refractivity contribution in [3.63, 3.8) is 0 Å². The summed E-state index contributed by atoms with van der Waals surface area (Å²) in [5.41, 5.74) is 4.47. The molecule has 2 aromatic rings. The third-order valence-corrected chi connectivity index (χ3v) is 6.12. The van der Waals surface area contributed by atoms with Crippen LogP contribution in [0.1, 0.15) is 54.6 Å². The predicted molar refractivity (Wildman–Crippen MR) is 106 cm³/mol. The smallest absolute Gasteiger partial charge is 0.231 e. The van der Waals surface area contributed by atoms with Crippen LogP contribution in [-0.4, -0.2) is 33.4 Å². The van der Waals surface area contributed by atoms with Gasteiger partial charge < -0.3 is 14.4 Å². The topological polar surface area (TPSA) is 56.6 Å². The molecule has 0 radical (unpaired) electrons. The molecule has 1 aliphatic heterocycles. The number of ether oxygens (including phenoxy) is 2. The number of aryl methyl sites for hydroxylation is 2. The minimum Gasteiger partial charge on any atom is -0.454 e. The van der Waals surface area contributed by atoms with E-state index in [1.807, 2.05) is 36.9 Å². The molecule has 0 atom stereocenters. The van der Waals surface area contributed by atoms with Gasteiger partial charge in [0.1, 0.15) is 0 Å². The standard InChI is InChI=1S/C22H29N3O3/c1-15-19(16(2)24(3)23-15)9-11-22(26)25(18-6-4-5-7-18)13-17-8-10-20-21(12-17)28-14-27-20/h8,10,12,18H,4-7,9,11,13-14H2,1-3H3. The number of carbonyl (C=O) groups excluding carboxylic acids is 1. The number of hydrogen-bond acceptors (Lipinski definition) is 4. The molecule has 4 rings (SSSR count). The van der Waals surface area contributed by atoms with Crippen molar-refractivity contribution >= 4 is 5.91 Å². The monoisotopic (exact) mass is 383 g/mol. The maximum atomic E-state index is 13.2. The van der Waals surface area contributed by atoms with Gasteiger partial charge in [-0.1, -0.05) is 18.9 Å². The molecule has 6 heteroatoms. The first kappa shape index (κ1) is 18.8. The van der Waals surface area contributed by atoms with Gasteiger partial charge in [0.2, 0.25) is 12.7 Å². The van der Waals surface area contributed by atoms with Crippen molar-refractivity contribution in [3.05, 3.63) is 40.7 Å². The fraction of sp³-hybridized carbons (Fsp3) is 0.545. The molecule has 2 aliphatic rings. The maximum Gasteiger partial charge on any atom is 0.231 e. The first-order valence-electron chi connectivity index (χ1n) is 10.2. The highest BCUT2D eigenvalue weighted by atomic mass is 16.7. The summed E-state index contributed by atoms with van der Waals surface area (Å²) in [7, 11) is 1.96. The number of rotatable bonds is 6. The third-order valence-electron chi connectivity index (χ3n) is 6.12. The molecule has 1 aliphatic carbocycles. The van der Waals surface area contributed by atoms with Crippen molar-refractivity contribution in [2.75, 3.05) is 6.79 Å². The molecule has 0 N–H and O–H groups in total. The van der Waals surface area contributed by atoms with Crippen LogP contribution in [0.25, 0.3) is 0 Å². The van der Waals surface area contributed by atoms with E-state index in [1.165, 1.54) is 18.4 Å². The van der Waals surface area contributed by atoms with E-state index >= 15 is 0 Å². The van der Waals surface area contributed by atoms with Crippen LogP contribution in [0.15, 0.2) is 18.2 Å². The summed E-state index contributed by atoms with van der Waals surface area (Å²) < 4.78 is 12.8. The Morgan fingerprint density at radius 1 is 1.21 bits per heavy atom. The second-order valence-electron chi connectivity index (χ2n) is 7.92. The lowest BCUT2D eigenvalue weighted by atomic mass is 10.1.